The Morgan fingerprint density at radius 3 is 2.92 bits per heavy atom. The number of rotatable bonds is 5. The Kier molecular flexibility index (Phi) is 4.11. The van der Waals surface area contributed by atoms with Crippen molar-refractivity contribution < 1.29 is 4.21 Å². The Hall–Kier alpha value is -0.680. The highest BCUT2D eigenvalue weighted by Gasteiger charge is 2.00. The molecule has 1 heterocycles. The van der Waals surface area contributed by atoms with Crippen molar-refractivity contribution in [2.24, 2.45) is 12.8 Å². The molecule has 0 spiro atoms. The van der Waals surface area contributed by atoms with Gasteiger partial charge in [-0.1, -0.05) is 0 Å². The number of nitrogens with two attached hydrogens (primary N) is 1. The smallest absolute Gasteiger partial charge is 0.0521 e. The van der Waals surface area contributed by atoms with Crippen LogP contribution in [-0.4, -0.2) is 32.0 Å². The summed E-state index contributed by atoms with van der Waals surface area (Å²) >= 11 is 0. The first-order valence-electron chi connectivity index (χ1n) is 4.25. The summed E-state index contributed by atoms with van der Waals surface area (Å²) < 4.78 is 13.0. The Bertz CT molecular complexity index is 285. The van der Waals surface area contributed by atoms with Gasteiger partial charge in [0.25, 0.3) is 0 Å². The zero-order valence-corrected chi connectivity index (χ0v) is 8.59. The van der Waals surface area contributed by atoms with Crippen LogP contribution < -0.4 is 5.73 Å². The van der Waals surface area contributed by atoms with E-state index in [4.69, 9.17) is 5.73 Å². The molecule has 0 radical (unpaired) electrons. The molecule has 2 N–H and O–H groups in total. The molecule has 0 bridgehead atoms. The summed E-state index contributed by atoms with van der Waals surface area (Å²) in [5, 5.41) is 4.03. The quantitative estimate of drug-likeness (QED) is 0.709. The van der Waals surface area contributed by atoms with Gasteiger partial charge in [-0.3, -0.25) is 8.89 Å². The zero-order chi connectivity index (χ0) is 9.68. The lowest BCUT2D eigenvalue weighted by Crippen LogP contribution is -2.13. The summed E-state index contributed by atoms with van der Waals surface area (Å²) in [6.45, 7) is 0.500. The lowest BCUT2D eigenvalue weighted by Gasteiger charge is -1.97. The van der Waals surface area contributed by atoms with Crippen LogP contribution in [0, 0.1) is 0 Å². The first kappa shape index (κ1) is 10.4. The summed E-state index contributed by atoms with van der Waals surface area (Å²) in [7, 11) is 1.10. The second-order valence-electron chi connectivity index (χ2n) is 2.91. The molecule has 0 saturated carbocycles. The highest BCUT2D eigenvalue weighted by atomic mass is 32.2. The minimum Gasteiger partial charge on any atom is -0.330 e. The summed E-state index contributed by atoms with van der Waals surface area (Å²) in [6.07, 6.45) is 4.57. The summed E-state index contributed by atoms with van der Waals surface area (Å²) in [6, 6.07) is 0. The van der Waals surface area contributed by atoms with Crippen molar-refractivity contribution in [3.63, 3.8) is 0 Å². The van der Waals surface area contributed by atoms with Crippen molar-refractivity contribution in [3.05, 3.63) is 18.0 Å². The van der Waals surface area contributed by atoms with Crippen LogP contribution >= 0.6 is 0 Å². The molecule has 1 atom stereocenters. The van der Waals surface area contributed by atoms with E-state index in [0.717, 1.165) is 12.0 Å². The first-order chi connectivity index (χ1) is 6.22. The maximum absolute atomic E-state index is 11.2. The topological polar surface area (TPSA) is 60.9 Å². The zero-order valence-electron chi connectivity index (χ0n) is 7.77. The molecule has 0 aliphatic heterocycles. The average molecular weight is 201 g/mol. The average Bonchev–Trinajstić information content (AvgIpc) is 2.49. The molecular formula is C8H15N3OS. The molecule has 0 aromatic carbocycles. The van der Waals surface area contributed by atoms with Crippen LogP contribution in [0.15, 0.2) is 12.4 Å². The molecule has 1 aromatic heterocycles. The van der Waals surface area contributed by atoms with Crippen LogP contribution in [0.5, 0.6) is 0 Å². The van der Waals surface area contributed by atoms with Crippen LogP contribution in [0.3, 0.4) is 0 Å². The minimum atomic E-state index is -0.773. The molecule has 4 nitrogen and oxygen atoms in total. The predicted molar refractivity (Wildman–Crippen MR) is 53.8 cm³/mol. The highest BCUT2D eigenvalue weighted by molar-refractivity contribution is 7.85. The van der Waals surface area contributed by atoms with E-state index >= 15 is 0 Å². The van der Waals surface area contributed by atoms with E-state index in [0.29, 0.717) is 18.1 Å². The maximum atomic E-state index is 11.2. The fourth-order valence-electron chi connectivity index (χ4n) is 1.07. The maximum Gasteiger partial charge on any atom is 0.0521 e. The Balaban J connectivity index is 2.30. The van der Waals surface area contributed by atoms with Crippen molar-refractivity contribution in [1.29, 1.82) is 0 Å². The Morgan fingerprint density at radius 1 is 1.62 bits per heavy atom. The van der Waals surface area contributed by atoms with E-state index in [-0.39, 0.29) is 0 Å². The molecule has 0 saturated heterocycles. The lowest BCUT2D eigenvalue weighted by molar-refractivity contribution is 0.682. The number of aryl methyl sites for hydroxylation is 2. The van der Waals surface area contributed by atoms with Gasteiger partial charge in [0.1, 0.15) is 0 Å². The molecule has 0 amide bonds. The van der Waals surface area contributed by atoms with Gasteiger partial charge in [0.2, 0.25) is 0 Å². The molecule has 74 valence electrons. The molecule has 0 aliphatic carbocycles. The second kappa shape index (κ2) is 5.14. The standard InChI is InChI=1S/C8H15N3OS/c1-11-7-8(6-10-11)2-4-13(12)5-3-9/h6-7H,2-5,9H2,1H3. The van der Waals surface area contributed by atoms with Crippen LogP contribution in [0.25, 0.3) is 0 Å². The number of hydrogen-bond donors (Lipinski definition) is 1. The van der Waals surface area contributed by atoms with E-state index in [2.05, 4.69) is 5.10 Å². The molecular weight excluding hydrogens is 186 g/mol. The van der Waals surface area contributed by atoms with Crippen molar-refractivity contribution in [2.45, 2.75) is 6.42 Å². The molecule has 0 fully saturated rings. The van der Waals surface area contributed by atoms with Crippen molar-refractivity contribution >= 4 is 10.8 Å². The van der Waals surface area contributed by atoms with Gasteiger partial charge >= 0.3 is 0 Å². The van der Waals surface area contributed by atoms with Crippen molar-refractivity contribution in [2.75, 3.05) is 18.1 Å². The van der Waals surface area contributed by atoms with E-state index in [1.54, 1.807) is 10.9 Å². The van der Waals surface area contributed by atoms with Gasteiger partial charge in [-0.25, -0.2) is 0 Å². The predicted octanol–water partition coefficient (Wildman–Crippen LogP) is -0.330. The molecule has 13 heavy (non-hydrogen) atoms. The minimum absolute atomic E-state index is 0.500. The third kappa shape index (κ3) is 3.69. The summed E-state index contributed by atoms with van der Waals surface area (Å²) in [5.74, 6) is 1.28. The molecule has 1 aromatic rings. The van der Waals surface area contributed by atoms with Crippen molar-refractivity contribution in [3.8, 4) is 0 Å². The van der Waals surface area contributed by atoms with Gasteiger partial charge in [0, 0.05) is 42.1 Å². The lowest BCUT2D eigenvalue weighted by atomic mass is 10.3. The highest BCUT2D eigenvalue weighted by Crippen LogP contribution is 1.98. The summed E-state index contributed by atoms with van der Waals surface area (Å²) in [4.78, 5) is 0. The largest absolute Gasteiger partial charge is 0.330 e. The van der Waals surface area contributed by atoms with Gasteiger partial charge in [-0.2, -0.15) is 5.10 Å². The van der Waals surface area contributed by atoms with Gasteiger partial charge in [-0.15, -0.1) is 0 Å². The monoisotopic (exact) mass is 201 g/mol. The molecule has 1 rings (SSSR count). The van der Waals surface area contributed by atoms with Crippen LogP contribution in [0.4, 0.5) is 0 Å². The number of hydrogen-bond acceptors (Lipinski definition) is 3. The summed E-state index contributed by atoms with van der Waals surface area (Å²) in [5.41, 5.74) is 6.43. The van der Waals surface area contributed by atoms with Crippen LogP contribution in [-0.2, 0) is 24.3 Å². The second-order valence-corrected chi connectivity index (χ2v) is 4.61. The van der Waals surface area contributed by atoms with E-state index in [1.807, 2.05) is 13.2 Å². The van der Waals surface area contributed by atoms with Crippen LogP contribution in [0.1, 0.15) is 5.56 Å². The molecule has 0 aliphatic rings. The van der Waals surface area contributed by atoms with E-state index < -0.39 is 10.8 Å². The third-order valence-electron chi connectivity index (χ3n) is 1.72. The van der Waals surface area contributed by atoms with Gasteiger partial charge in [-0.05, 0) is 12.0 Å². The third-order valence-corrected chi connectivity index (χ3v) is 3.07. The fraction of sp³-hybridized carbons (Fsp3) is 0.625. The Morgan fingerprint density at radius 2 is 2.38 bits per heavy atom. The van der Waals surface area contributed by atoms with Gasteiger partial charge in [0.15, 0.2) is 0 Å². The normalized spacial score (nSPS) is 13.1. The fourth-order valence-corrected chi connectivity index (χ4v) is 2.00. The van der Waals surface area contributed by atoms with E-state index in [1.165, 1.54) is 0 Å². The number of nitrogens with zero attached hydrogens (tertiary/aromatic N) is 2. The number of aromatic nitrogens is 2. The SMILES string of the molecule is Cn1cc(CCS(=O)CCN)cn1. The van der Waals surface area contributed by atoms with Gasteiger partial charge < -0.3 is 5.73 Å². The van der Waals surface area contributed by atoms with Crippen molar-refractivity contribution in [1.82, 2.24) is 9.78 Å². The first-order valence-corrected chi connectivity index (χ1v) is 5.73. The van der Waals surface area contributed by atoms with E-state index in [9.17, 15) is 4.21 Å². The van der Waals surface area contributed by atoms with Crippen LogP contribution in [0.2, 0.25) is 0 Å². The van der Waals surface area contributed by atoms with Gasteiger partial charge in [0.05, 0.1) is 6.20 Å². The molecule has 5 heteroatoms. The Labute approximate surface area is 80.6 Å². The molecule has 1 unspecified atom stereocenters.